The minimum atomic E-state index is -0.148. The number of thioether (sulfide) groups is 1. The van der Waals surface area contributed by atoms with E-state index in [-0.39, 0.29) is 23.3 Å². The Morgan fingerprint density at radius 1 is 1.42 bits per heavy atom. The molecule has 0 spiro atoms. The fourth-order valence-corrected chi connectivity index (χ4v) is 2.26. The fourth-order valence-electron chi connectivity index (χ4n) is 1.64. The van der Waals surface area contributed by atoms with E-state index in [0.29, 0.717) is 17.5 Å². The lowest BCUT2D eigenvalue weighted by atomic mass is 9.96. The van der Waals surface area contributed by atoms with Gasteiger partial charge in [-0.3, -0.25) is 0 Å². The van der Waals surface area contributed by atoms with Crippen molar-refractivity contribution in [3.63, 3.8) is 0 Å². The number of aliphatic hydroxyl groups excluding tert-OH is 1. The number of nitrogens with two attached hydrogens (primary N) is 1. The molecule has 5 nitrogen and oxygen atoms in total. The summed E-state index contributed by atoms with van der Waals surface area (Å²) in [6, 6.07) is 1.82. The van der Waals surface area contributed by atoms with Crippen LogP contribution in [0.1, 0.15) is 33.5 Å². The van der Waals surface area contributed by atoms with Gasteiger partial charge in [0.25, 0.3) is 0 Å². The van der Waals surface area contributed by atoms with Crippen LogP contribution in [0.3, 0.4) is 0 Å². The second-order valence-electron chi connectivity index (χ2n) is 5.64. The quantitative estimate of drug-likeness (QED) is 0.765. The number of nitrogens with zero attached hydrogens (tertiary/aromatic N) is 2. The molecule has 0 fully saturated rings. The second kappa shape index (κ2) is 6.43. The number of nitrogens with one attached hydrogen (secondary N) is 1. The van der Waals surface area contributed by atoms with Crippen LogP contribution in [0.25, 0.3) is 0 Å². The van der Waals surface area contributed by atoms with Gasteiger partial charge < -0.3 is 16.2 Å². The molecule has 0 saturated heterocycles. The molecule has 1 heterocycles. The van der Waals surface area contributed by atoms with E-state index in [1.807, 2.05) is 34.0 Å². The molecular formula is C13H24N4OS. The summed E-state index contributed by atoms with van der Waals surface area (Å²) in [5, 5.41) is 12.7. The van der Waals surface area contributed by atoms with E-state index in [1.54, 1.807) is 17.8 Å². The second-order valence-corrected chi connectivity index (χ2v) is 6.72. The zero-order valence-electron chi connectivity index (χ0n) is 12.3. The standard InChI is InChI=1S/C13H24N4OS/c1-8(9(7-18)19-5)15-11-6-10(14)16-12(17-11)13(2,3)4/h6,8-9,18H,7H2,1-5H3,(H3,14,15,16,17). The normalized spacial score (nSPS) is 15.1. The molecule has 1 rings (SSSR count). The largest absolute Gasteiger partial charge is 0.395 e. The van der Waals surface area contributed by atoms with E-state index in [1.165, 1.54) is 0 Å². The van der Waals surface area contributed by atoms with Gasteiger partial charge in [0.1, 0.15) is 17.5 Å². The number of anilines is 2. The lowest BCUT2D eigenvalue weighted by Crippen LogP contribution is -2.31. The van der Waals surface area contributed by atoms with Crippen molar-refractivity contribution in [1.29, 1.82) is 0 Å². The van der Waals surface area contributed by atoms with Crippen molar-refractivity contribution in [2.24, 2.45) is 0 Å². The van der Waals surface area contributed by atoms with Crippen LogP contribution in [0.5, 0.6) is 0 Å². The molecule has 108 valence electrons. The molecule has 0 aromatic carbocycles. The predicted octanol–water partition coefficient (Wildman–Crippen LogP) is 1.88. The summed E-state index contributed by atoms with van der Waals surface area (Å²) in [6.07, 6.45) is 1.98. The third kappa shape index (κ3) is 4.54. The highest BCUT2D eigenvalue weighted by Crippen LogP contribution is 2.22. The maximum Gasteiger partial charge on any atom is 0.138 e. The van der Waals surface area contributed by atoms with Gasteiger partial charge in [-0.15, -0.1) is 0 Å². The van der Waals surface area contributed by atoms with Crippen LogP contribution in [-0.4, -0.2) is 39.2 Å². The maximum atomic E-state index is 9.29. The van der Waals surface area contributed by atoms with Crippen molar-refractivity contribution in [2.75, 3.05) is 23.9 Å². The van der Waals surface area contributed by atoms with E-state index in [4.69, 9.17) is 5.73 Å². The molecule has 0 aliphatic rings. The van der Waals surface area contributed by atoms with Crippen molar-refractivity contribution in [2.45, 2.75) is 44.4 Å². The summed E-state index contributed by atoms with van der Waals surface area (Å²) in [5.74, 6) is 1.88. The lowest BCUT2D eigenvalue weighted by Gasteiger charge is -2.23. The van der Waals surface area contributed by atoms with Crippen molar-refractivity contribution in [3.8, 4) is 0 Å². The van der Waals surface area contributed by atoms with Gasteiger partial charge in [0.2, 0.25) is 0 Å². The smallest absolute Gasteiger partial charge is 0.138 e. The monoisotopic (exact) mass is 284 g/mol. The van der Waals surface area contributed by atoms with Crippen LogP contribution in [-0.2, 0) is 5.41 Å². The molecule has 0 amide bonds. The number of hydrogen-bond acceptors (Lipinski definition) is 6. The summed E-state index contributed by atoms with van der Waals surface area (Å²) in [7, 11) is 0. The molecule has 0 aliphatic carbocycles. The highest BCUT2D eigenvalue weighted by molar-refractivity contribution is 7.99. The minimum absolute atomic E-state index is 0.0992. The average Bonchev–Trinajstić information content (AvgIpc) is 2.28. The van der Waals surface area contributed by atoms with Crippen molar-refractivity contribution < 1.29 is 5.11 Å². The SMILES string of the molecule is CSC(CO)C(C)Nc1cc(N)nc(C(C)(C)C)n1. The van der Waals surface area contributed by atoms with Crippen LogP contribution < -0.4 is 11.1 Å². The highest BCUT2D eigenvalue weighted by atomic mass is 32.2. The van der Waals surface area contributed by atoms with Gasteiger partial charge in [-0.1, -0.05) is 20.8 Å². The van der Waals surface area contributed by atoms with Crippen LogP contribution in [0, 0.1) is 0 Å². The summed E-state index contributed by atoms with van der Waals surface area (Å²) in [4.78, 5) is 8.77. The van der Waals surface area contributed by atoms with E-state index in [2.05, 4.69) is 15.3 Å². The predicted molar refractivity (Wildman–Crippen MR) is 82.6 cm³/mol. The Morgan fingerprint density at radius 3 is 2.53 bits per heavy atom. The number of aromatic nitrogens is 2. The fraction of sp³-hybridized carbons (Fsp3) is 0.692. The molecule has 1 aromatic rings. The van der Waals surface area contributed by atoms with Gasteiger partial charge in [-0.2, -0.15) is 11.8 Å². The molecule has 0 bridgehead atoms. The summed E-state index contributed by atoms with van der Waals surface area (Å²) in [6.45, 7) is 8.29. The Hall–Kier alpha value is -1.01. The minimum Gasteiger partial charge on any atom is -0.395 e. The van der Waals surface area contributed by atoms with Crippen molar-refractivity contribution in [3.05, 3.63) is 11.9 Å². The topological polar surface area (TPSA) is 84.1 Å². The Balaban J connectivity index is 2.93. The Kier molecular flexibility index (Phi) is 5.43. The molecule has 0 saturated carbocycles. The number of hydrogen-bond donors (Lipinski definition) is 3. The summed E-state index contributed by atoms with van der Waals surface area (Å²) in [5.41, 5.74) is 5.68. The third-order valence-electron chi connectivity index (χ3n) is 2.83. The molecule has 1 aromatic heterocycles. The number of rotatable bonds is 5. The third-order valence-corrected chi connectivity index (χ3v) is 4.00. The summed E-state index contributed by atoms with van der Waals surface area (Å²) >= 11 is 1.62. The Labute approximate surface area is 119 Å². The van der Waals surface area contributed by atoms with E-state index in [0.717, 1.165) is 0 Å². The van der Waals surface area contributed by atoms with Crippen molar-refractivity contribution in [1.82, 2.24) is 9.97 Å². The van der Waals surface area contributed by atoms with Crippen LogP contribution in [0.4, 0.5) is 11.6 Å². The first-order valence-electron chi connectivity index (χ1n) is 6.33. The summed E-state index contributed by atoms with van der Waals surface area (Å²) < 4.78 is 0. The lowest BCUT2D eigenvalue weighted by molar-refractivity contribution is 0.288. The number of aliphatic hydroxyl groups is 1. The zero-order valence-corrected chi connectivity index (χ0v) is 13.1. The molecule has 4 N–H and O–H groups in total. The van der Waals surface area contributed by atoms with E-state index in [9.17, 15) is 5.11 Å². The first-order chi connectivity index (χ1) is 8.77. The van der Waals surface area contributed by atoms with Crippen LogP contribution >= 0.6 is 11.8 Å². The first kappa shape index (κ1) is 16.0. The average molecular weight is 284 g/mol. The Bertz CT molecular complexity index is 416. The molecule has 2 unspecified atom stereocenters. The molecule has 0 radical (unpaired) electrons. The van der Waals surface area contributed by atoms with Gasteiger partial charge in [0.05, 0.1) is 6.61 Å². The van der Waals surface area contributed by atoms with E-state index < -0.39 is 0 Å². The molecule has 0 aliphatic heterocycles. The number of nitrogen functional groups attached to an aromatic ring is 1. The molecule has 19 heavy (non-hydrogen) atoms. The Morgan fingerprint density at radius 2 is 2.05 bits per heavy atom. The van der Waals surface area contributed by atoms with Gasteiger partial charge in [-0.25, -0.2) is 9.97 Å². The van der Waals surface area contributed by atoms with Crippen LogP contribution in [0.2, 0.25) is 0 Å². The van der Waals surface area contributed by atoms with Gasteiger partial charge in [0.15, 0.2) is 0 Å². The van der Waals surface area contributed by atoms with Gasteiger partial charge in [-0.05, 0) is 13.2 Å². The molecule has 6 heteroatoms. The zero-order chi connectivity index (χ0) is 14.6. The van der Waals surface area contributed by atoms with Crippen molar-refractivity contribution >= 4 is 23.4 Å². The van der Waals surface area contributed by atoms with Gasteiger partial charge >= 0.3 is 0 Å². The van der Waals surface area contributed by atoms with Gasteiger partial charge in [0, 0.05) is 22.8 Å². The van der Waals surface area contributed by atoms with Crippen LogP contribution in [0.15, 0.2) is 6.07 Å². The molecule has 2 atom stereocenters. The van der Waals surface area contributed by atoms with E-state index >= 15 is 0 Å². The highest BCUT2D eigenvalue weighted by Gasteiger charge is 2.20. The molecular weight excluding hydrogens is 260 g/mol. The maximum absolute atomic E-state index is 9.29. The first-order valence-corrected chi connectivity index (χ1v) is 7.62.